The number of ether oxygens (including phenoxy) is 1. The maximum Gasteiger partial charge on any atom is 0.404 e. The zero-order chi connectivity index (χ0) is 26.8. The lowest BCUT2D eigenvalue weighted by Crippen LogP contribution is -2.53. The molecular formula is C26H39ClF2N4O4. The summed E-state index contributed by atoms with van der Waals surface area (Å²) in [6, 6.07) is 4.07. The van der Waals surface area contributed by atoms with Crippen molar-refractivity contribution >= 4 is 23.7 Å². The van der Waals surface area contributed by atoms with Crippen LogP contribution >= 0.6 is 11.6 Å². The number of urea groups is 1. The summed E-state index contributed by atoms with van der Waals surface area (Å²) in [6.07, 6.45) is 3.61. The quantitative estimate of drug-likeness (QED) is 0.297. The Hall–Kier alpha value is -2.17. The number of alkyl halides is 1. The van der Waals surface area contributed by atoms with E-state index in [0.717, 1.165) is 19.3 Å². The number of nitrogens with one attached hydrogen (secondary N) is 3. The fourth-order valence-corrected chi connectivity index (χ4v) is 5.70. The number of carbonyl (C=O) groups is 2. The molecule has 0 radical (unpaired) electrons. The zero-order valence-electron chi connectivity index (χ0n) is 21.4. The fraction of sp³-hybridized carbons (Fsp3) is 0.692. The van der Waals surface area contributed by atoms with Gasteiger partial charge in [0.25, 0.3) is 0 Å². The minimum atomic E-state index is -1.26. The molecule has 1 aromatic carbocycles. The lowest BCUT2D eigenvalue weighted by molar-refractivity contribution is -0.0106. The third-order valence-corrected chi connectivity index (χ3v) is 7.57. The second kappa shape index (κ2) is 14.1. The van der Waals surface area contributed by atoms with E-state index in [0.29, 0.717) is 45.3 Å². The Bertz CT molecular complexity index is 903. The van der Waals surface area contributed by atoms with Crippen LogP contribution in [0.4, 0.5) is 18.4 Å². The molecule has 8 nitrogen and oxygen atoms in total. The van der Waals surface area contributed by atoms with Crippen molar-refractivity contribution in [2.24, 2.45) is 5.92 Å². The molecule has 1 aromatic rings. The van der Waals surface area contributed by atoms with Crippen LogP contribution in [0.25, 0.3) is 0 Å². The van der Waals surface area contributed by atoms with Crippen LogP contribution in [-0.4, -0.2) is 73.7 Å². The van der Waals surface area contributed by atoms with Gasteiger partial charge in [0.2, 0.25) is 0 Å². The molecule has 0 aromatic heterocycles. The summed E-state index contributed by atoms with van der Waals surface area (Å²) < 4.78 is 36.3. The van der Waals surface area contributed by atoms with Crippen LogP contribution in [0, 0.1) is 11.7 Å². The van der Waals surface area contributed by atoms with E-state index in [1.165, 1.54) is 6.07 Å². The molecule has 4 N–H and O–H groups in total. The molecular weight excluding hydrogens is 506 g/mol. The first-order valence-corrected chi connectivity index (χ1v) is 13.5. The predicted molar refractivity (Wildman–Crippen MR) is 138 cm³/mol. The van der Waals surface area contributed by atoms with Crippen molar-refractivity contribution in [3.05, 3.63) is 34.6 Å². The van der Waals surface area contributed by atoms with Crippen LogP contribution in [0.15, 0.2) is 18.2 Å². The highest BCUT2D eigenvalue weighted by Gasteiger charge is 2.37. The van der Waals surface area contributed by atoms with E-state index < -0.39 is 23.7 Å². The minimum absolute atomic E-state index is 0.0297. The van der Waals surface area contributed by atoms with Crippen LogP contribution in [-0.2, 0) is 4.74 Å². The first-order valence-electron chi connectivity index (χ1n) is 13.1. The van der Waals surface area contributed by atoms with Gasteiger partial charge >= 0.3 is 12.1 Å². The summed E-state index contributed by atoms with van der Waals surface area (Å²) in [4.78, 5) is 25.7. The van der Waals surface area contributed by atoms with E-state index in [9.17, 15) is 14.0 Å². The highest BCUT2D eigenvalue weighted by atomic mass is 35.5. The van der Waals surface area contributed by atoms with Crippen molar-refractivity contribution in [3.63, 3.8) is 0 Å². The summed E-state index contributed by atoms with van der Waals surface area (Å²) in [6.45, 7) is 1.39. The standard InChI is InChI=1S/C26H39ClF2N4O4/c1-30-16-19(15-26(29)10-3-2-4-11-26)32-24(34)33-13-6-7-18(17-33)23(37-14-12-31-25(35)36)20-8-5-9-21(27)22(20)28/h5,8-9,18-19,23,30-31H,2-4,6-7,10-17H2,1H3,(H,32,34)(H,35,36). The third-order valence-electron chi connectivity index (χ3n) is 7.28. The molecule has 1 heterocycles. The van der Waals surface area contributed by atoms with Gasteiger partial charge in [0.1, 0.15) is 11.5 Å². The highest BCUT2D eigenvalue weighted by molar-refractivity contribution is 6.30. The van der Waals surface area contributed by atoms with E-state index in [1.54, 1.807) is 24.1 Å². The van der Waals surface area contributed by atoms with E-state index in [2.05, 4.69) is 16.0 Å². The largest absolute Gasteiger partial charge is 0.465 e. The molecule has 3 amide bonds. The van der Waals surface area contributed by atoms with Crippen LogP contribution in [0.5, 0.6) is 0 Å². The van der Waals surface area contributed by atoms with Crippen LogP contribution in [0.3, 0.4) is 0 Å². The number of likely N-dealkylation sites (tertiary alicyclic amines) is 1. The zero-order valence-corrected chi connectivity index (χ0v) is 22.2. The molecule has 0 spiro atoms. The third kappa shape index (κ3) is 8.68. The van der Waals surface area contributed by atoms with Crippen molar-refractivity contribution in [1.82, 2.24) is 20.9 Å². The Kier molecular flexibility index (Phi) is 11.2. The second-order valence-electron chi connectivity index (χ2n) is 10.1. The minimum Gasteiger partial charge on any atom is -0.465 e. The molecule has 2 aliphatic rings. The number of piperidine rings is 1. The van der Waals surface area contributed by atoms with Gasteiger partial charge in [-0.2, -0.15) is 0 Å². The lowest BCUT2D eigenvalue weighted by atomic mass is 9.82. The van der Waals surface area contributed by atoms with Gasteiger partial charge in [-0.15, -0.1) is 0 Å². The smallest absolute Gasteiger partial charge is 0.404 e. The van der Waals surface area contributed by atoms with E-state index in [4.69, 9.17) is 21.4 Å². The average molecular weight is 545 g/mol. The van der Waals surface area contributed by atoms with Gasteiger partial charge in [0, 0.05) is 50.1 Å². The summed E-state index contributed by atoms with van der Waals surface area (Å²) in [5.74, 6) is -0.817. The summed E-state index contributed by atoms with van der Waals surface area (Å²) in [5.41, 5.74) is -0.982. The van der Waals surface area contributed by atoms with Crippen molar-refractivity contribution in [2.75, 3.05) is 39.8 Å². The topological polar surface area (TPSA) is 103 Å². The number of benzene rings is 1. The molecule has 1 aliphatic heterocycles. The number of rotatable bonds is 11. The van der Waals surface area contributed by atoms with Gasteiger partial charge in [-0.3, -0.25) is 0 Å². The van der Waals surface area contributed by atoms with Crippen molar-refractivity contribution < 1.29 is 28.2 Å². The normalized spacial score (nSPS) is 21.2. The molecule has 0 bridgehead atoms. The second-order valence-corrected chi connectivity index (χ2v) is 10.5. The lowest BCUT2D eigenvalue weighted by Gasteiger charge is -2.38. The van der Waals surface area contributed by atoms with Crippen molar-refractivity contribution in [2.45, 2.75) is 69.2 Å². The van der Waals surface area contributed by atoms with Gasteiger partial charge in [-0.05, 0) is 38.8 Å². The number of halogens is 3. The highest BCUT2D eigenvalue weighted by Crippen LogP contribution is 2.37. The monoisotopic (exact) mass is 544 g/mol. The Morgan fingerprint density at radius 2 is 2.03 bits per heavy atom. The number of nitrogens with zero attached hydrogens (tertiary/aromatic N) is 1. The van der Waals surface area contributed by atoms with Crippen molar-refractivity contribution in [1.29, 1.82) is 0 Å². The maximum atomic E-state index is 15.4. The van der Waals surface area contributed by atoms with E-state index in [1.807, 2.05) is 0 Å². The first-order chi connectivity index (χ1) is 17.7. The summed E-state index contributed by atoms with van der Waals surface area (Å²) in [7, 11) is 1.78. The Labute approximate surface area is 222 Å². The number of carboxylic acid groups (broad SMARTS) is 1. The fourth-order valence-electron chi connectivity index (χ4n) is 5.52. The van der Waals surface area contributed by atoms with Gasteiger partial charge in [0.15, 0.2) is 0 Å². The first kappa shape index (κ1) is 29.4. The molecule has 3 rings (SSSR count). The Morgan fingerprint density at radius 3 is 2.73 bits per heavy atom. The molecule has 3 atom stereocenters. The van der Waals surface area contributed by atoms with Crippen LogP contribution in [0.2, 0.25) is 5.02 Å². The molecule has 37 heavy (non-hydrogen) atoms. The van der Waals surface area contributed by atoms with Crippen molar-refractivity contribution in [3.8, 4) is 0 Å². The number of amides is 3. The predicted octanol–water partition coefficient (Wildman–Crippen LogP) is 4.88. The summed E-state index contributed by atoms with van der Waals surface area (Å²) >= 11 is 6.03. The average Bonchev–Trinajstić information content (AvgIpc) is 2.86. The number of likely N-dealkylation sites (N-methyl/N-ethyl adjacent to an activating group) is 1. The van der Waals surface area contributed by atoms with Crippen LogP contribution < -0.4 is 16.0 Å². The van der Waals surface area contributed by atoms with Gasteiger partial charge in [-0.25, -0.2) is 18.4 Å². The maximum absolute atomic E-state index is 15.4. The molecule has 2 fully saturated rings. The molecule has 3 unspecified atom stereocenters. The molecule has 208 valence electrons. The number of hydrogen-bond donors (Lipinski definition) is 4. The number of hydrogen-bond acceptors (Lipinski definition) is 4. The van der Waals surface area contributed by atoms with Gasteiger partial charge in [-0.1, -0.05) is 43.0 Å². The number of carbonyl (C=O) groups excluding carboxylic acids is 1. The Morgan fingerprint density at radius 1 is 1.27 bits per heavy atom. The molecule has 1 aliphatic carbocycles. The molecule has 1 saturated carbocycles. The SMILES string of the molecule is CNCC(CC1(F)CCCCC1)NC(=O)N1CCCC(C(OCCNC(=O)O)c2cccc(Cl)c2F)C1. The van der Waals surface area contributed by atoms with E-state index in [-0.39, 0.29) is 48.1 Å². The molecule has 11 heteroatoms. The van der Waals surface area contributed by atoms with Gasteiger partial charge in [0.05, 0.1) is 17.7 Å². The van der Waals surface area contributed by atoms with Crippen LogP contribution in [0.1, 0.15) is 63.0 Å². The Balaban J connectivity index is 1.68. The van der Waals surface area contributed by atoms with Gasteiger partial charge < -0.3 is 30.7 Å². The summed E-state index contributed by atoms with van der Waals surface area (Å²) in [5, 5.41) is 17.1. The van der Waals surface area contributed by atoms with E-state index >= 15 is 4.39 Å². The molecule has 1 saturated heterocycles.